The molecule has 18 atom stereocenters. The largest absolute Gasteiger partial charge is 0.573 e. The number of carboxylic acids is 1. The number of aliphatic hydroxyl groups excluding tert-OH is 6. The number of carboxylic acid groups (broad SMARTS) is 1. The van der Waals surface area contributed by atoms with Gasteiger partial charge >= 0.3 is 12.3 Å². The molecule has 7 aromatic carbocycles. The van der Waals surface area contributed by atoms with Crippen LogP contribution in [0.2, 0.25) is 10.0 Å². The number of nitrogens with two attached hydrogens (primary N) is 1. The second kappa shape index (κ2) is 40.4. The van der Waals surface area contributed by atoms with Gasteiger partial charge in [0.15, 0.2) is 41.5 Å². The first kappa shape index (κ1) is 96.0. The van der Waals surface area contributed by atoms with Crippen LogP contribution in [0, 0.1) is 17.8 Å². The van der Waals surface area contributed by atoms with E-state index in [0.717, 1.165) is 78.9 Å². The van der Waals surface area contributed by atoms with Crippen LogP contribution in [0.25, 0.3) is 11.1 Å². The number of halogens is 5. The predicted octanol–water partition coefficient (Wildman–Crippen LogP) is 7.09. The van der Waals surface area contributed by atoms with E-state index in [0.29, 0.717) is 49.5 Å². The maximum Gasteiger partial charge on any atom is 0.573 e. The van der Waals surface area contributed by atoms with Crippen molar-refractivity contribution in [2.45, 2.75) is 190 Å². The van der Waals surface area contributed by atoms with Crippen LogP contribution in [0.4, 0.5) is 24.5 Å². The molecule has 41 heteroatoms. The molecule has 8 heterocycles. The minimum Gasteiger partial charge on any atom is -0.508 e. The number of ketones is 2. The van der Waals surface area contributed by atoms with E-state index in [1.807, 2.05) is 18.9 Å². The second-order valence-corrected chi connectivity index (χ2v) is 34.2. The zero-order chi connectivity index (χ0) is 93.8. The number of phenols is 3. The lowest BCUT2D eigenvalue weighted by Gasteiger charge is -2.48. The van der Waals surface area contributed by atoms with E-state index in [4.69, 9.17) is 62.1 Å². The number of amides is 6. The number of aliphatic hydroxyl groups is 6. The van der Waals surface area contributed by atoms with Gasteiger partial charge in [0.25, 0.3) is 0 Å². The van der Waals surface area contributed by atoms with Gasteiger partial charge in [0.2, 0.25) is 47.5 Å². The SMILES string of the molecule is CC[C@H](CC(C)C)C(=O)N[C@H]1C(=O)CC(CC(N)=O)C(=O)NC2C(=O)C[C@H]3C(=O)N[C@H](C(=O)N[C@@H](C(=O)O)c4cc(O)cc(O)c4-c4cc3ccc4O)[C@H](O)c3ccc(c(Cl)c3)Oc3cc2cc(c3O[C@@H]2O[C@H](CO)[C@@H](O)[C@H](O)[C@H]2O[C@H]2C[C@](C)(NCc3ccc(NN4CCOCC4)c(NC(=O)Cc4ccc(OC(F)(F)F)cc4)c3)[C@H](O)[C@H](C)O2)Oc2ccc(cc2Cl)[C@H]1O. The number of nitrogens with zero attached hydrogens (tertiary/aromatic N) is 1. The van der Waals surface area contributed by atoms with Crippen molar-refractivity contribution >= 4 is 87.6 Å². The first-order chi connectivity index (χ1) is 61.6. The quantitative estimate of drug-likeness (QED) is 0.0322. The smallest absolute Gasteiger partial charge is 0.508 e. The summed E-state index contributed by atoms with van der Waals surface area (Å²) >= 11 is 14.4. The number of aromatic hydroxyl groups is 3. The highest BCUT2D eigenvalue weighted by atomic mass is 35.5. The van der Waals surface area contributed by atoms with E-state index in [1.54, 1.807) is 32.0 Å². The Balaban J connectivity index is 0.933. The molecule has 8 aliphatic heterocycles. The molecule has 2 unspecified atom stereocenters. The molecule has 6 amide bonds. The van der Waals surface area contributed by atoms with Gasteiger partial charge in [0.05, 0.1) is 71.7 Å². The molecule has 0 spiro atoms. The molecule has 696 valence electrons. The van der Waals surface area contributed by atoms with Crippen LogP contribution in [-0.2, 0) is 75.1 Å². The number of hydrogen-bond acceptors (Lipinski definition) is 29. The van der Waals surface area contributed by atoms with E-state index in [-0.39, 0.29) is 64.9 Å². The summed E-state index contributed by atoms with van der Waals surface area (Å²) < 4.78 is 88.3. The molecule has 11 bridgehead atoms. The van der Waals surface area contributed by atoms with Crippen molar-refractivity contribution in [1.82, 2.24) is 31.6 Å². The minimum atomic E-state index is -4.95. The van der Waals surface area contributed by atoms with Gasteiger partial charge in [-0.1, -0.05) is 80.4 Å². The molecule has 0 aromatic heterocycles. The van der Waals surface area contributed by atoms with Gasteiger partial charge in [-0.25, -0.2) is 9.80 Å². The van der Waals surface area contributed by atoms with Crippen LogP contribution in [0.3, 0.4) is 0 Å². The number of primary amides is 1. The van der Waals surface area contributed by atoms with Crippen molar-refractivity contribution in [2.24, 2.45) is 23.5 Å². The lowest BCUT2D eigenvalue weighted by Crippen LogP contribution is -2.65. The fraction of sp³-hybridized carbons (Fsp3) is 0.427. The van der Waals surface area contributed by atoms with Crippen molar-refractivity contribution in [2.75, 3.05) is 43.7 Å². The van der Waals surface area contributed by atoms with E-state index < -0.39 is 267 Å². The first-order valence-electron chi connectivity index (χ1n) is 41.7. The Morgan fingerprint density at radius 2 is 1.37 bits per heavy atom. The van der Waals surface area contributed by atoms with Crippen molar-refractivity contribution < 1.29 is 145 Å². The predicted molar refractivity (Wildman–Crippen MR) is 453 cm³/mol. The van der Waals surface area contributed by atoms with Crippen molar-refractivity contribution in [1.29, 1.82) is 0 Å². The van der Waals surface area contributed by atoms with Gasteiger partial charge in [0, 0.05) is 79.5 Å². The number of carbonyl (C=O) groups excluding carboxylic acids is 8. The number of morpholine rings is 1. The topological polar surface area (TPSA) is 543 Å². The number of hydrazine groups is 1. The Labute approximate surface area is 750 Å². The number of aliphatic carboxylic acids is 1. The highest BCUT2D eigenvalue weighted by Crippen LogP contribution is 2.51. The number of phenolic OH excluding ortho intramolecular Hbond substituents is 3. The molecule has 130 heavy (non-hydrogen) atoms. The van der Waals surface area contributed by atoms with Gasteiger partial charge in [-0.3, -0.25) is 38.4 Å². The summed E-state index contributed by atoms with van der Waals surface area (Å²) in [4.78, 5) is 133. The van der Waals surface area contributed by atoms with Crippen molar-refractivity contribution in [3.63, 3.8) is 0 Å². The van der Waals surface area contributed by atoms with Crippen LogP contribution in [-0.4, -0.2) is 215 Å². The third kappa shape index (κ3) is 22.2. The number of nitrogens with one attached hydrogen (secondary N) is 7. The van der Waals surface area contributed by atoms with E-state index >= 15 is 24.0 Å². The minimum absolute atomic E-state index is 0.0500. The molecular weight excluding hydrogens is 1750 g/mol. The highest BCUT2D eigenvalue weighted by molar-refractivity contribution is 6.32. The Hall–Kier alpha value is -11.5. The Morgan fingerprint density at radius 3 is 1.99 bits per heavy atom. The molecule has 15 rings (SSSR count). The summed E-state index contributed by atoms with van der Waals surface area (Å²) in [6, 6.07) is 15.0. The van der Waals surface area contributed by atoms with Crippen LogP contribution < -0.4 is 62.0 Å². The molecule has 36 nitrogen and oxygen atoms in total. The monoisotopic (exact) mass is 1850 g/mol. The molecule has 0 aliphatic carbocycles. The molecule has 8 aliphatic rings. The molecule has 0 saturated carbocycles. The summed E-state index contributed by atoms with van der Waals surface area (Å²) in [5.41, 5.74) is 6.69. The fourth-order valence-electron chi connectivity index (χ4n) is 16.6. The number of benzene rings is 7. The normalized spacial score (nSPS) is 26.5. The Kier molecular flexibility index (Phi) is 29.9. The fourth-order valence-corrected chi connectivity index (χ4v) is 17.1. The van der Waals surface area contributed by atoms with Gasteiger partial charge in [0.1, 0.15) is 83.1 Å². The van der Waals surface area contributed by atoms with Gasteiger partial charge in [-0.15, -0.1) is 13.2 Å². The first-order valence-corrected chi connectivity index (χ1v) is 42.4. The number of hydrogen-bond donors (Lipinski definition) is 18. The third-order valence-electron chi connectivity index (χ3n) is 23.4. The maximum absolute atomic E-state index is 16.4. The number of anilines is 2. The van der Waals surface area contributed by atoms with E-state index in [2.05, 4.69) is 42.1 Å². The number of rotatable bonds is 22. The Bertz CT molecular complexity index is 5440. The zero-order valence-corrected chi connectivity index (χ0v) is 72.0. The lowest BCUT2D eigenvalue weighted by atomic mass is 9.84. The van der Waals surface area contributed by atoms with Crippen molar-refractivity contribution in [3.8, 4) is 62.9 Å². The summed E-state index contributed by atoms with van der Waals surface area (Å²) in [6.07, 6.45) is -26.4. The second-order valence-electron chi connectivity index (χ2n) is 33.3. The van der Waals surface area contributed by atoms with Crippen LogP contribution in [0.1, 0.15) is 142 Å². The van der Waals surface area contributed by atoms with Crippen LogP contribution in [0.5, 0.6) is 51.7 Å². The van der Waals surface area contributed by atoms with Crippen LogP contribution in [0.15, 0.2) is 121 Å². The van der Waals surface area contributed by atoms with Gasteiger partial charge in [-0.2, -0.15) is 0 Å². The lowest BCUT2D eigenvalue weighted by molar-refractivity contribution is -0.334. The molecule has 7 aromatic rings. The van der Waals surface area contributed by atoms with E-state index in [9.17, 15) is 83.4 Å². The highest BCUT2D eigenvalue weighted by Gasteiger charge is 2.53. The summed E-state index contributed by atoms with van der Waals surface area (Å²) in [5, 5.41) is 135. The van der Waals surface area contributed by atoms with Gasteiger partial charge < -0.3 is 132 Å². The number of Topliss-reactive ketones (excluding diaryl/α,β-unsaturated/α-hetero) is 2. The molecule has 19 N–H and O–H groups in total. The number of carbonyl (C=O) groups is 9. The van der Waals surface area contributed by atoms with E-state index in [1.165, 1.54) is 31.2 Å². The van der Waals surface area contributed by atoms with Crippen molar-refractivity contribution in [3.05, 3.63) is 170 Å². The van der Waals surface area contributed by atoms with Gasteiger partial charge in [-0.05, 0) is 145 Å². The Morgan fingerprint density at radius 1 is 0.715 bits per heavy atom. The third-order valence-corrected chi connectivity index (χ3v) is 24.0. The van der Waals surface area contributed by atoms with Crippen LogP contribution >= 0.6 is 23.2 Å². The maximum atomic E-state index is 16.4. The average Bonchev–Trinajstić information content (AvgIpc) is 0.762. The molecule has 0 radical (unpaired) electrons. The summed E-state index contributed by atoms with van der Waals surface area (Å²) in [7, 11) is 0. The number of fused-ring (bicyclic) bond motifs is 15. The standard InChI is InChI=1S/C89H98Cl2F3N9O27/c1-6-43(23-39(2)3)82(117)100-73-60(108)29-48(32-67(95)110)83(118)98-71-47-30-64(125-62-17-11-45(75(73)112)27-54(62)90)79(65(31-47)126-63-18-12-46(28-55(63)91)76(113)74-85(120)99-72(86(121)122)53-33-49(105)34-59(107)70(53)52-26-44(10-16-58(52)106)51(35-61(71)109)84(119)101-74)129-87-80(78(115)77(114)66(38-104)127-87)128-69-36-88(5,81(116)40(4)124-69)96-37-42-9-15-56(102-103-19-21-123-22-20-103)57(24-42)97-68(111)25-41-7-13-50(14-8-41)130-89(92,93)94/h7-18,24,26-28,30-31,33-34,39-40,43,48,51,66,69,71-78,80-81,87,96,102,104-107,112-116H,6,19-23,25,29,32,35-38H2,1-5H3,(H2,95,110)(H,97,111)(H,98,118)(H,99,120)(H,100,117)(H,101,119)(H,121,122)/t40-,43+,48?,51+,66+,69-,71?,72+,73-,74-,75+,76+,77+,78-,80+,81+,87-,88-/m0/s1. The summed E-state index contributed by atoms with van der Waals surface area (Å²) in [6.45, 7) is 9.22. The number of alkyl halides is 3. The summed E-state index contributed by atoms with van der Waals surface area (Å²) in [5.74, 6) is -20.8. The zero-order valence-electron chi connectivity index (χ0n) is 70.5. The molecule has 3 saturated heterocycles. The average molecular weight is 1850 g/mol. The number of ether oxygens (including phenoxy) is 8. The molecule has 3 fully saturated rings. The molecular formula is C89H98Cl2F3N9O27.